The summed E-state index contributed by atoms with van der Waals surface area (Å²) in [7, 11) is -9.84. The fourth-order valence-electron chi connectivity index (χ4n) is 7.51. The van der Waals surface area contributed by atoms with Gasteiger partial charge in [-0.1, -0.05) is 201 Å². The van der Waals surface area contributed by atoms with Crippen molar-refractivity contribution >= 4 is 39.5 Å². The molecule has 0 radical (unpaired) electrons. The number of ether oxygens (including phenoxy) is 4. The van der Waals surface area contributed by atoms with Crippen molar-refractivity contribution in [1.82, 2.24) is 0 Å². The van der Waals surface area contributed by atoms with E-state index in [1.54, 1.807) is 0 Å². The Labute approximate surface area is 428 Å². The van der Waals surface area contributed by atoms with Gasteiger partial charge in [-0.3, -0.25) is 37.3 Å². The van der Waals surface area contributed by atoms with E-state index in [1.807, 2.05) is 0 Å². The van der Waals surface area contributed by atoms with Gasteiger partial charge in [0.25, 0.3) is 0 Å². The molecule has 0 aromatic rings. The molecule has 0 fully saturated rings. The van der Waals surface area contributed by atoms with Crippen LogP contribution < -0.4 is 0 Å². The number of aliphatic hydroxyl groups is 1. The molecule has 0 aromatic carbocycles. The molecule has 5 atom stereocenters. The number of aliphatic hydroxyl groups excluding tert-OH is 1. The maximum Gasteiger partial charge on any atom is 0.472 e. The Hall–Kier alpha value is -1.94. The van der Waals surface area contributed by atoms with E-state index in [9.17, 15) is 43.2 Å². The van der Waals surface area contributed by atoms with Crippen LogP contribution in [0.2, 0.25) is 0 Å². The maximum absolute atomic E-state index is 12.8. The first-order chi connectivity index (χ1) is 34.2. The van der Waals surface area contributed by atoms with Crippen molar-refractivity contribution < 1.29 is 80.2 Å². The SMILES string of the molecule is CCCCCCCCCCCCC(=O)O[C@H](COC(=O)CCCCCCCCCCC)COP(=O)(O)OC[C@@H](O)COP(=O)(O)OC[C@@H](COC(=O)CCCCCCC)OC(=O)CCCCCCCCC. The van der Waals surface area contributed by atoms with Gasteiger partial charge in [0.15, 0.2) is 12.2 Å². The molecule has 2 unspecified atom stereocenters. The second kappa shape index (κ2) is 47.8. The molecule has 0 saturated carbocycles. The molecule has 0 heterocycles. The number of rotatable bonds is 53. The third-order valence-electron chi connectivity index (χ3n) is 11.9. The quantitative estimate of drug-likeness (QED) is 0.0222. The summed E-state index contributed by atoms with van der Waals surface area (Å²) in [6, 6.07) is 0. The molecule has 0 rings (SSSR count). The van der Waals surface area contributed by atoms with Gasteiger partial charge in [0.2, 0.25) is 0 Å². The fourth-order valence-corrected chi connectivity index (χ4v) is 9.09. The summed E-state index contributed by atoms with van der Waals surface area (Å²) in [5.74, 6) is -2.17. The molecule has 0 aliphatic rings. The van der Waals surface area contributed by atoms with Crippen LogP contribution in [0.3, 0.4) is 0 Å². The summed E-state index contributed by atoms with van der Waals surface area (Å²) in [4.78, 5) is 71.2. The lowest BCUT2D eigenvalue weighted by atomic mass is 10.1. The average molecular weight is 1060 g/mol. The van der Waals surface area contributed by atoms with Gasteiger partial charge in [-0.25, -0.2) is 9.13 Å². The summed E-state index contributed by atoms with van der Waals surface area (Å²) in [6.07, 6.45) is 28.4. The van der Waals surface area contributed by atoms with Crippen LogP contribution in [0.25, 0.3) is 0 Å². The van der Waals surface area contributed by atoms with Crippen molar-refractivity contribution in [3.8, 4) is 0 Å². The van der Waals surface area contributed by atoms with E-state index in [0.717, 1.165) is 109 Å². The van der Waals surface area contributed by atoms with Gasteiger partial charge in [0.05, 0.1) is 26.4 Å². The molecular weight excluding hydrogens is 959 g/mol. The van der Waals surface area contributed by atoms with Crippen LogP contribution in [-0.4, -0.2) is 96.7 Å². The second-order valence-corrected chi connectivity index (χ2v) is 21.8. The highest BCUT2D eigenvalue weighted by Gasteiger charge is 2.30. The summed E-state index contributed by atoms with van der Waals surface area (Å²) in [5, 5.41) is 10.4. The number of esters is 4. The largest absolute Gasteiger partial charge is 0.472 e. The lowest BCUT2D eigenvalue weighted by Gasteiger charge is -2.21. The first-order valence-electron chi connectivity index (χ1n) is 27.8. The summed E-state index contributed by atoms with van der Waals surface area (Å²) < 4.78 is 67.1. The standard InChI is InChI=1S/C52H100O17P2/c1-5-9-13-17-20-22-24-27-31-35-39-52(57)69-48(43-63-50(55)37-33-29-26-23-21-18-14-10-6-2)45-67-71(60,61)65-41-46(53)40-64-70(58,59)66-44-47(42-62-49(54)36-32-28-16-12-8-4)68-51(56)38-34-30-25-19-15-11-7-3/h46-48,53H,5-45H2,1-4H3,(H,58,59)(H,60,61)/t46-,47+,48+/m0/s1. The minimum atomic E-state index is -4.92. The predicted molar refractivity (Wildman–Crippen MR) is 275 cm³/mol. The Bertz CT molecular complexity index is 1400. The third kappa shape index (κ3) is 47.5. The predicted octanol–water partition coefficient (Wildman–Crippen LogP) is 13.3. The zero-order chi connectivity index (χ0) is 52.7. The molecule has 0 spiro atoms. The van der Waals surface area contributed by atoms with Crippen LogP contribution in [0.15, 0.2) is 0 Å². The zero-order valence-corrected chi connectivity index (χ0v) is 46.5. The molecule has 71 heavy (non-hydrogen) atoms. The lowest BCUT2D eigenvalue weighted by molar-refractivity contribution is -0.161. The number of hydrogen-bond acceptors (Lipinski definition) is 15. The lowest BCUT2D eigenvalue weighted by Crippen LogP contribution is -2.30. The van der Waals surface area contributed by atoms with Crippen LogP contribution in [0.4, 0.5) is 0 Å². The molecule has 0 saturated heterocycles. The van der Waals surface area contributed by atoms with Gasteiger partial charge in [-0.2, -0.15) is 0 Å². The highest BCUT2D eigenvalue weighted by Crippen LogP contribution is 2.45. The Balaban J connectivity index is 5.17. The van der Waals surface area contributed by atoms with Crippen LogP contribution in [0.1, 0.15) is 252 Å². The molecule has 0 aromatic heterocycles. The second-order valence-electron chi connectivity index (χ2n) is 18.9. The van der Waals surface area contributed by atoms with E-state index in [4.69, 9.17) is 37.0 Å². The minimum absolute atomic E-state index is 0.103. The molecule has 420 valence electrons. The molecule has 0 aliphatic heterocycles. The number of phosphoric ester groups is 2. The summed E-state index contributed by atoms with van der Waals surface area (Å²) in [5.41, 5.74) is 0. The van der Waals surface area contributed by atoms with Crippen molar-refractivity contribution in [2.45, 2.75) is 271 Å². The van der Waals surface area contributed by atoms with Gasteiger partial charge in [-0.05, 0) is 25.7 Å². The molecule has 17 nitrogen and oxygen atoms in total. The molecule has 0 bridgehead atoms. The van der Waals surface area contributed by atoms with Crippen molar-refractivity contribution in [3.63, 3.8) is 0 Å². The van der Waals surface area contributed by atoms with Crippen molar-refractivity contribution in [1.29, 1.82) is 0 Å². The van der Waals surface area contributed by atoms with Crippen LogP contribution in [-0.2, 0) is 65.4 Å². The smallest absolute Gasteiger partial charge is 0.462 e. The summed E-state index contributed by atoms with van der Waals surface area (Å²) in [6.45, 7) is 4.64. The highest BCUT2D eigenvalue weighted by atomic mass is 31.2. The van der Waals surface area contributed by atoms with Gasteiger partial charge in [0.1, 0.15) is 19.3 Å². The third-order valence-corrected chi connectivity index (χ3v) is 13.8. The number of carbonyl (C=O) groups is 4. The molecule has 0 amide bonds. The van der Waals surface area contributed by atoms with Crippen molar-refractivity contribution in [2.75, 3.05) is 39.6 Å². The van der Waals surface area contributed by atoms with Crippen molar-refractivity contribution in [2.24, 2.45) is 0 Å². The Morgan fingerprint density at radius 2 is 0.563 bits per heavy atom. The number of unbranched alkanes of at least 4 members (excludes halogenated alkanes) is 27. The Morgan fingerprint density at radius 3 is 0.831 bits per heavy atom. The molecule has 19 heteroatoms. The van der Waals surface area contributed by atoms with Crippen molar-refractivity contribution in [3.05, 3.63) is 0 Å². The minimum Gasteiger partial charge on any atom is -0.462 e. The number of hydrogen-bond donors (Lipinski definition) is 3. The van der Waals surface area contributed by atoms with E-state index in [1.165, 1.54) is 64.2 Å². The first-order valence-corrected chi connectivity index (χ1v) is 30.8. The molecular formula is C52H100O17P2. The molecule has 3 N–H and O–H groups in total. The zero-order valence-electron chi connectivity index (χ0n) is 44.7. The van der Waals surface area contributed by atoms with E-state index in [0.29, 0.717) is 25.7 Å². The summed E-state index contributed by atoms with van der Waals surface area (Å²) >= 11 is 0. The topological polar surface area (TPSA) is 237 Å². The van der Waals surface area contributed by atoms with Crippen LogP contribution in [0, 0.1) is 0 Å². The van der Waals surface area contributed by atoms with Crippen LogP contribution in [0.5, 0.6) is 0 Å². The number of carbonyl (C=O) groups excluding carboxylic acids is 4. The van der Waals surface area contributed by atoms with Gasteiger partial charge in [-0.15, -0.1) is 0 Å². The molecule has 0 aliphatic carbocycles. The maximum atomic E-state index is 12.8. The van der Waals surface area contributed by atoms with Crippen LogP contribution >= 0.6 is 15.6 Å². The fraction of sp³-hybridized carbons (Fsp3) is 0.923. The van der Waals surface area contributed by atoms with E-state index in [-0.39, 0.29) is 25.7 Å². The van der Waals surface area contributed by atoms with E-state index in [2.05, 4.69) is 27.7 Å². The van der Waals surface area contributed by atoms with Gasteiger partial charge in [0, 0.05) is 25.7 Å². The van der Waals surface area contributed by atoms with E-state index >= 15 is 0 Å². The highest BCUT2D eigenvalue weighted by molar-refractivity contribution is 7.47. The monoisotopic (exact) mass is 1060 g/mol. The van der Waals surface area contributed by atoms with Gasteiger partial charge >= 0.3 is 39.5 Å². The van der Waals surface area contributed by atoms with Gasteiger partial charge < -0.3 is 33.8 Å². The average Bonchev–Trinajstić information content (AvgIpc) is 3.34. The Morgan fingerprint density at radius 1 is 0.338 bits per heavy atom. The van der Waals surface area contributed by atoms with E-state index < -0.39 is 97.5 Å². The first kappa shape index (κ1) is 69.1. The Kier molecular flexibility index (Phi) is 46.4. The normalized spacial score (nSPS) is 14.5. The number of phosphoric acid groups is 2.